The van der Waals surface area contributed by atoms with Gasteiger partial charge in [0.2, 0.25) is 10.0 Å². The summed E-state index contributed by atoms with van der Waals surface area (Å²) in [5.74, 6) is 0. The lowest BCUT2D eigenvalue weighted by molar-refractivity contribution is -0.883. The molecule has 19 heavy (non-hydrogen) atoms. The van der Waals surface area contributed by atoms with E-state index in [2.05, 4.69) is 0 Å². The molecule has 0 saturated carbocycles. The van der Waals surface area contributed by atoms with Crippen LogP contribution in [0.15, 0.2) is 17.0 Å². The van der Waals surface area contributed by atoms with E-state index in [-0.39, 0.29) is 20.0 Å². The van der Waals surface area contributed by atoms with Crippen LogP contribution in [0.3, 0.4) is 0 Å². The minimum atomic E-state index is -3.61. The molecule has 1 fully saturated rings. The van der Waals surface area contributed by atoms with Crippen molar-refractivity contribution in [2.45, 2.75) is 4.90 Å². The molecule has 0 aliphatic carbocycles. The minimum absolute atomic E-state index is 0.0168. The third kappa shape index (κ3) is 3.17. The number of likely N-dealkylation sites (N-methyl/N-ethyl adjacent to an activating group) is 1. The fraction of sp³-hybridized carbons (Fsp3) is 0.455. The lowest BCUT2D eigenvalue weighted by Crippen LogP contribution is -3.12. The number of benzene rings is 1. The van der Waals surface area contributed by atoms with Gasteiger partial charge >= 0.3 is 0 Å². The first-order valence-corrected chi connectivity index (χ1v) is 8.36. The molecule has 0 amide bonds. The Kier molecular flexibility index (Phi) is 4.65. The largest absolute Gasteiger partial charge is 0.335 e. The van der Waals surface area contributed by atoms with Gasteiger partial charge in [-0.3, -0.25) is 0 Å². The van der Waals surface area contributed by atoms with Crippen LogP contribution in [-0.2, 0) is 10.0 Å². The molecule has 0 spiro atoms. The Morgan fingerprint density at radius 3 is 2.16 bits per heavy atom. The van der Waals surface area contributed by atoms with Gasteiger partial charge in [0.1, 0.15) is 4.90 Å². The zero-order valence-electron chi connectivity index (χ0n) is 10.3. The lowest BCUT2D eigenvalue weighted by atomic mass is 10.4. The van der Waals surface area contributed by atoms with Crippen molar-refractivity contribution >= 4 is 44.8 Å². The number of nitrogens with one attached hydrogen (secondary N) is 1. The summed E-state index contributed by atoms with van der Waals surface area (Å²) < 4.78 is 26.5. The highest BCUT2D eigenvalue weighted by Crippen LogP contribution is 2.33. The van der Waals surface area contributed by atoms with Crippen LogP contribution in [0.5, 0.6) is 0 Å². The predicted octanol–water partition coefficient (Wildman–Crippen LogP) is 1.17. The molecule has 0 atom stereocenters. The number of hydrogen-bond acceptors (Lipinski definition) is 2. The zero-order valence-corrected chi connectivity index (χ0v) is 13.4. The van der Waals surface area contributed by atoms with Gasteiger partial charge in [-0.25, -0.2) is 8.42 Å². The monoisotopic (exact) mass is 343 g/mol. The molecule has 1 aromatic rings. The van der Waals surface area contributed by atoms with Gasteiger partial charge < -0.3 is 4.90 Å². The van der Waals surface area contributed by atoms with Crippen LogP contribution in [-0.4, -0.2) is 45.9 Å². The number of rotatable bonds is 2. The summed E-state index contributed by atoms with van der Waals surface area (Å²) in [6.07, 6.45) is 0. The molecule has 106 valence electrons. The number of piperazine rings is 1. The van der Waals surface area contributed by atoms with E-state index in [9.17, 15) is 8.42 Å². The molecule has 0 radical (unpaired) electrons. The maximum absolute atomic E-state index is 12.5. The van der Waals surface area contributed by atoms with Gasteiger partial charge in [-0.05, 0) is 12.1 Å². The van der Waals surface area contributed by atoms with Gasteiger partial charge in [-0.1, -0.05) is 34.8 Å². The van der Waals surface area contributed by atoms with Crippen LogP contribution in [0.1, 0.15) is 0 Å². The number of halogens is 3. The Morgan fingerprint density at radius 1 is 1.05 bits per heavy atom. The zero-order chi connectivity index (χ0) is 14.2. The molecular weight excluding hydrogens is 331 g/mol. The Morgan fingerprint density at radius 2 is 1.58 bits per heavy atom. The maximum Gasteiger partial charge on any atom is 0.245 e. The van der Waals surface area contributed by atoms with E-state index < -0.39 is 10.0 Å². The summed E-state index contributed by atoms with van der Waals surface area (Å²) in [4.78, 5) is 1.33. The number of hydrogen-bond donors (Lipinski definition) is 1. The molecule has 0 unspecified atom stereocenters. The average Bonchev–Trinajstić information content (AvgIpc) is 2.34. The highest BCUT2D eigenvalue weighted by Gasteiger charge is 2.31. The van der Waals surface area contributed by atoms with Crippen molar-refractivity contribution in [3.05, 3.63) is 27.2 Å². The molecule has 1 saturated heterocycles. The van der Waals surface area contributed by atoms with E-state index in [4.69, 9.17) is 34.8 Å². The summed E-state index contributed by atoms with van der Waals surface area (Å²) in [6.45, 7) is 2.51. The standard InChI is InChI=1S/C11H13Cl3N2O2S/c1-15-2-4-16(5-3-15)19(17,18)11-7-9(13)8(12)6-10(11)14/h6-7H,2-5H2,1H3/p+1. The van der Waals surface area contributed by atoms with Crippen molar-refractivity contribution in [3.8, 4) is 0 Å². The van der Waals surface area contributed by atoms with Gasteiger partial charge in [-0.15, -0.1) is 0 Å². The Labute approximate surface area is 127 Å². The van der Waals surface area contributed by atoms with Crippen molar-refractivity contribution in [1.29, 1.82) is 0 Å². The van der Waals surface area contributed by atoms with E-state index in [1.54, 1.807) is 0 Å². The van der Waals surface area contributed by atoms with Crippen LogP contribution in [0.25, 0.3) is 0 Å². The van der Waals surface area contributed by atoms with Crippen LogP contribution in [0, 0.1) is 0 Å². The summed E-state index contributed by atoms with van der Waals surface area (Å²) in [6, 6.07) is 2.67. The van der Waals surface area contributed by atoms with Crippen molar-refractivity contribution in [1.82, 2.24) is 4.31 Å². The van der Waals surface area contributed by atoms with Gasteiger partial charge in [0.25, 0.3) is 0 Å². The first-order chi connectivity index (χ1) is 8.82. The molecule has 4 nitrogen and oxygen atoms in total. The maximum atomic E-state index is 12.5. The van der Waals surface area contributed by atoms with Crippen molar-refractivity contribution in [3.63, 3.8) is 0 Å². The topological polar surface area (TPSA) is 41.8 Å². The summed E-state index contributed by atoms with van der Waals surface area (Å²) in [5, 5.41) is 0.526. The summed E-state index contributed by atoms with van der Waals surface area (Å²) in [7, 11) is -1.57. The van der Waals surface area contributed by atoms with E-state index in [1.807, 2.05) is 7.05 Å². The average molecular weight is 345 g/mol. The van der Waals surface area contributed by atoms with Crippen LogP contribution in [0.4, 0.5) is 0 Å². The van der Waals surface area contributed by atoms with Gasteiger partial charge in [0.15, 0.2) is 0 Å². The third-order valence-corrected chi connectivity index (χ3v) is 6.25. The molecule has 1 aliphatic heterocycles. The van der Waals surface area contributed by atoms with Gasteiger partial charge in [-0.2, -0.15) is 4.31 Å². The molecule has 2 rings (SSSR count). The third-order valence-electron chi connectivity index (χ3n) is 3.17. The van der Waals surface area contributed by atoms with E-state index in [0.717, 1.165) is 13.1 Å². The molecule has 1 aliphatic rings. The fourth-order valence-corrected chi connectivity index (χ4v) is 4.37. The predicted molar refractivity (Wildman–Crippen MR) is 76.9 cm³/mol. The van der Waals surface area contributed by atoms with E-state index in [1.165, 1.54) is 21.3 Å². The van der Waals surface area contributed by atoms with Crippen molar-refractivity contribution in [2.75, 3.05) is 33.2 Å². The van der Waals surface area contributed by atoms with E-state index >= 15 is 0 Å². The first-order valence-electron chi connectivity index (χ1n) is 5.78. The number of sulfonamides is 1. The highest BCUT2D eigenvalue weighted by molar-refractivity contribution is 7.89. The Balaban J connectivity index is 2.37. The second-order valence-electron chi connectivity index (χ2n) is 4.56. The Hall–Kier alpha value is -0.0400. The SMILES string of the molecule is C[NH+]1CCN(S(=O)(=O)c2cc(Cl)c(Cl)cc2Cl)CC1. The van der Waals surface area contributed by atoms with Gasteiger partial charge in [0.05, 0.1) is 48.3 Å². The van der Waals surface area contributed by atoms with E-state index in [0.29, 0.717) is 13.1 Å². The number of quaternary nitrogens is 1. The van der Waals surface area contributed by atoms with Crippen LogP contribution >= 0.6 is 34.8 Å². The van der Waals surface area contributed by atoms with Crippen molar-refractivity contribution < 1.29 is 13.3 Å². The molecule has 1 aromatic carbocycles. The summed E-state index contributed by atoms with van der Waals surface area (Å²) in [5.41, 5.74) is 0. The molecular formula is C11H14Cl3N2O2S+. The second-order valence-corrected chi connectivity index (χ2v) is 7.69. The summed E-state index contributed by atoms with van der Waals surface area (Å²) >= 11 is 17.7. The Bertz CT molecular complexity index is 584. The molecule has 0 aromatic heterocycles. The number of nitrogens with zero attached hydrogens (tertiary/aromatic N) is 1. The minimum Gasteiger partial charge on any atom is -0.335 e. The molecule has 1 N–H and O–H groups in total. The van der Waals surface area contributed by atoms with Gasteiger partial charge in [0, 0.05) is 0 Å². The normalized spacial score (nSPS) is 18.7. The van der Waals surface area contributed by atoms with Crippen molar-refractivity contribution in [2.24, 2.45) is 0 Å². The fourth-order valence-electron chi connectivity index (χ4n) is 1.95. The quantitative estimate of drug-likeness (QED) is 0.818. The highest BCUT2D eigenvalue weighted by atomic mass is 35.5. The second kappa shape index (κ2) is 5.76. The lowest BCUT2D eigenvalue weighted by Gasteiger charge is -2.29. The van der Waals surface area contributed by atoms with Crippen LogP contribution in [0.2, 0.25) is 15.1 Å². The van der Waals surface area contributed by atoms with Crippen LogP contribution < -0.4 is 4.90 Å². The molecule has 8 heteroatoms. The molecule has 0 bridgehead atoms. The smallest absolute Gasteiger partial charge is 0.245 e. The molecule has 1 heterocycles. The first kappa shape index (κ1) is 15.4.